The molecule has 6 rings (SSSR count). The summed E-state index contributed by atoms with van der Waals surface area (Å²) < 4.78 is 31.7. The molecule has 0 aromatic carbocycles. The van der Waals surface area contributed by atoms with E-state index in [2.05, 4.69) is 11.8 Å². The molecule has 0 unspecified atom stereocenters. The van der Waals surface area contributed by atoms with Crippen LogP contribution >= 0.6 is 0 Å². The second kappa shape index (κ2) is 8.09. The predicted molar refractivity (Wildman–Crippen MR) is 128 cm³/mol. The summed E-state index contributed by atoms with van der Waals surface area (Å²) in [6.45, 7) is 7.42. The van der Waals surface area contributed by atoms with Crippen LogP contribution in [0.25, 0.3) is 0 Å². The first kappa shape index (κ1) is 25.0. The Labute approximate surface area is 209 Å². The molecule has 1 heterocycles. The van der Waals surface area contributed by atoms with Gasteiger partial charge in [-0.15, -0.1) is 0 Å². The van der Waals surface area contributed by atoms with Gasteiger partial charge in [-0.05, 0) is 38.6 Å². The smallest absolute Gasteiger partial charge is 0.117 e. The number of aliphatic hydroxyl groups excluding tert-OH is 1. The molecule has 0 radical (unpaired) electrons. The van der Waals surface area contributed by atoms with E-state index in [4.69, 9.17) is 23.7 Å². The van der Waals surface area contributed by atoms with Gasteiger partial charge in [0.2, 0.25) is 0 Å². The highest BCUT2D eigenvalue weighted by Crippen LogP contribution is 2.80. The van der Waals surface area contributed by atoms with Crippen molar-refractivity contribution < 1.29 is 33.9 Å². The summed E-state index contributed by atoms with van der Waals surface area (Å²) in [7, 11) is 7.16. The van der Waals surface area contributed by atoms with E-state index in [1.54, 1.807) is 7.11 Å². The Morgan fingerprint density at radius 3 is 2.31 bits per heavy atom. The van der Waals surface area contributed by atoms with Crippen LogP contribution < -0.4 is 0 Å². The van der Waals surface area contributed by atoms with E-state index in [-0.39, 0.29) is 52.8 Å². The molecule has 6 aliphatic rings. The largest absolute Gasteiger partial charge is 0.390 e. The first-order valence-electron chi connectivity index (χ1n) is 13.7. The van der Waals surface area contributed by atoms with Gasteiger partial charge in [-0.2, -0.15) is 0 Å². The molecule has 0 amide bonds. The van der Waals surface area contributed by atoms with E-state index in [9.17, 15) is 10.2 Å². The molecule has 0 aromatic rings. The lowest BCUT2D eigenvalue weighted by molar-refractivity contribution is -0.293. The second-order valence-corrected chi connectivity index (χ2v) is 12.4. The van der Waals surface area contributed by atoms with E-state index >= 15 is 0 Å². The first-order valence-corrected chi connectivity index (χ1v) is 13.7. The van der Waals surface area contributed by atoms with E-state index < -0.39 is 23.4 Å². The summed E-state index contributed by atoms with van der Waals surface area (Å²) in [5, 5.41) is 23.9. The number of hydrogen-bond donors (Lipinski definition) is 2. The number of piperidine rings is 1. The number of aliphatic hydroxyl groups is 2. The van der Waals surface area contributed by atoms with Crippen LogP contribution in [0.3, 0.4) is 0 Å². The van der Waals surface area contributed by atoms with Crippen LogP contribution in [0, 0.1) is 34.5 Å². The molecule has 200 valence electrons. The van der Waals surface area contributed by atoms with Crippen molar-refractivity contribution in [3.8, 4) is 0 Å². The highest BCUT2D eigenvalue weighted by Gasteiger charge is 2.88. The zero-order chi connectivity index (χ0) is 25.0. The molecule has 13 atom stereocenters. The summed E-state index contributed by atoms with van der Waals surface area (Å²) in [4.78, 5) is 2.66. The number of rotatable bonds is 8. The minimum Gasteiger partial charge on any atom is -0.390 e. The SMILES string of the molecule is CCO[C@]12C[C@H](OC)[C@]3(O)C[C@H]([C@@H]1[C@H]3O)[C@@]13[C@@H](OC)CC[C@@]4(COC)CN(CC)[C@@H]1[C@@H]2[C@H](OC)[C@H]43. The number of fused-ring (bicyclic) bond motifs is 2. The van der Waals surface area contributed by atoms with Crippen molar-refractivity contribution in [2.24, 2.45) is 34.5 Å². The average Bonchev–Trinajstić information content (AvgIpc) is 3.20. The maximum absolute atomic E-state index is 12.0. The van der Waals surface area contributed by atoms with Gasteiger partial charge in [-0.1, -0.05) is 6.92 Å². The van der Waals surface area contributed by atoms with Crippen molar-refractivity contribution in [1.29, 1.82) is 0 Å². The highest BCUT2D eigenvalue weighted by atomic mass is 16.5. The third-order valence-electron chi connectivity index (χ3n) is 11.9. The second-order valence-electron chi connectivity index (χ2n) is 12.4. The maximum atomic E-state index is 12.0. The fraction of sp³-hybridized carbons (Fsp3) is 1.00. The Hall–Kier alpha value is -0.320. The summed E-state index contributed by atoms with van der Waals surface area (Å²) in [5.41, 5.74) is -2.24. The summed E-state index contributed by atoms with van der Waals surface area (Å²) in [6, 6.07) is 0.190. The molecule has 35 heavy (non-hydrogen) atoms. The van der Waals surface area contributed by atoms with Crippen LogP contribution in [0.4, 0.5) is 0 Å². The molecule has 1 spiro atoms. The third kappa shape index (κ3) is 2.57. The molecular weight excluding hydrogens is 450 g/mol. The Morgan fingerprint density at radius 1 is 0.971 bits per heavy atom. The molecule has 1 aliphatic heterocycles. The normalized spacial score (nSPS) is 58.1. The summed E-state index contributed by atoms with van der Waals surface area (Å²) >= 11 is 0. The van der Waals surface area contributed by atoms with Gasteiger partial charge >= 0.3 is 0 Å². The fourth-order valence-corrected chi connectivity index (χ4v) is 11.4. The Bertz CT molecular complexity index is 844. The van der Waals surface area contributed by atoms with Gasteiger partial charge in [0.25, 0.3) is 0 Å². The van der Waals surface area contributed by atoms with Gasteiger partial charge in [-0.25, -0.2) is 0 Å². The number of likely N-dealkylation sites (tertiary alicyclic amines) is 1. The molecule has 1 saturated heterocycles. The van der Waals surface area contributed by atoms with Crippen LogP contribution in [-0.2, 0) is 23.7 Å². The van der Waals surface area contributed by atoms with Crippen LogP contribution in [0.15, 0.2) is 0 Å². The van der Waals surface area contributed by atoms with E-state index in [0.717, 1.165) is 25.9 Å². The third-order valence-corrected chi connectivity index (χ3v) is 11.9. The van der Waals surface area contributed by atoms with Crippen molar-refractivity contribution in [3.05, 3.63) is 0 Å². The van der Waals surface area contributed by atoms with Crippen LogP contribution in [0.5, 0.6) is 0 Å². The van der Waals surface area contributed by atoms with E-state index in [0.29, 0.717) is 26.1 Å². The standard InChI is InChI=1S/C27H45NO7/c1-7-28-13-24(14-31-3)10-9-16(32-4)27-15-11-25(30)17(33-5)12-26(35-8-2,18(15)23(25)29)19(22(27)28)20(34-6)21(24)27/h15-23,29-30H,7-14H2,1-6H3/t15-,16+,17+,18-,19+,20+,21-,22-,23-,24+,25-,26-,27+/m1/s1. The number of ether oxygens (including phenoxy) is 5. The minimum atomic E-state index is -1.28. The van der Waals surface area contributed by atoms with E-state index in [1.807, 2.05) is 28.3 Å². The van der Waals surface area contributed by atoms with Crippen molar-refractivity contribution in [3.63, 3.8) is 0 Å². The molecule has 7 bridgehead atoms. The van der Waals surface area contributed by atoms with Gasteiger partial charge in [0.05, 0.1) is 36.6 Å². The zero-order valence-corrected chi connectivity index (χ0v) is 22.2. The van der Waals surface area contributed by atoms with Crippen molar-refractivity contribution in [2.45, 2.75) is 81.2 Å². The van der Waals surface area contributed by atoms with Crippen molar-refractivity contribution in [2.75, 3.05) is 54.7 Å². The average molecular weight is 496 g/mol. The zero-order valence-electron chi connectivity index (χ0n) is 22.2. The molecule has 8 nitrogen and oxygen atoms in total. The van der Waals surface area contributed by atoms with Crippen LogP contribution in [-0.4, -0.2) is 112 Å². The monoisotopic (exact) mass is 495 g/mol. The van der Waals surface area contributed by atoms with Gasteiger partial charge < -0.3 is 33.9 Å². The van der Waals surface area contributed by atoms with Crippen molar-refractivity contribution >= 4 is 0 Å². The molecule has 6 fully saturated rings. The van der Waals surface area contributed by atoms with Crippen LogP contribution in [0.2, 0.25) is 0 Å². The fourth-order valence-electron chi connectivity index (χ4n) is 11.4. The highest BCUT2D eigenvalue weighted by molar-refractivity contribution is 5.38. The molecule has 2 N–H and O–H groups in total. The molecule has 5 aliphatic carbocycles. The number of methoxy groups -OCH3 is 4. The minimum absolute atomic E-state index is 0.0280. The summed E-state index contributed by atoms with van der Waals surface area (Å²) in [6.07, 6.45) is 1.65. The molecule has 0 aromatic heterocycles. The lowest BCUT2D eigenvalue weighted by atomic mass is 9.43. The van der Waals surface area contributed by atoms with Crippen molar-refractivity contribution in [1.82, 2.24) is 4.90 Å². The van der Waals surface area contributed by atoms with Gasteiger partial charge in [0.15, 0.2) is 0 Å². The first-order chi connectivity index (χ1) is 16.8. The quantitative estimate of drug-likeness (QED) is 0.521. The molecular formula is C27H45NO7. The lowest BCUT2D eigenvalue weighted by Gasteiger charge is -2.69. The topological polar surface area (TPSA) is 89.9 Å². The number of nitrogens with zero attached hydrogens (tertiary/aromatic N) is 1. The van der Waals surface area contributed by atoms with Crippen LogP contribution in [0.1, 0.15) is 39.5 Å². The van der Waals surface area contributed by atoms with E-state index in [1.165, 1.54) is 0 Å². The van der Waals surface area contributed by atoms with Gasteiger partial charge in [0, 0.05) is 82.6 Å². The van der Waals surface area contributed by atoms with Gasteiger partial charge in [0.1, 0.15) is 5.60 Å². The Kier molecular flexibility index (Phi) is 5.78. The summed E-state index contributed by atoms with van der Waals surface area (Å²) in [5.74, 6) is 0.106. The Morgan fingerprint density at radius 2 is 1.71 bits per heavy atom. The van der Waals surface area contributed by atoms with Gasteiger partial charge in [-0.3, -0.25) is 4.90 Å². The maximum Gasteiger partial charge on any atom is 0.117 e. The number of hydrogen-bond acceptors (Lipinski definition) is 8. The predicted octanol–water partition coefficient (Wildman–Crippen LogP) is 1.32. The molecule has 8 heteroatoms. The lowest BCUT2D eigenvalue weighted by Crippen LogP contribution is -2.77. The Balaban J connectivity index is 1.66. The molecule has 5 saturated carbocycles.